The molecule has 459 valence electrons. The minimum atomic E-state index is -1.03. The van der Waals surface area contributed by atoms with Gasteiger partial charge < -0.3 is 65.0 Å². The number of nitrogens with zero attached hydrogens (tertiary/aromatic N) is 9. The number of carboxylic acid groups (broad SMARTS) is 3. The normalized spacial score (nSPS) is 16.9. The fraction of sp³-hybridized carbons (Fsp3) is 0.582. The molecular formula is C55H78ClFLuN12O12. The summed E-state index contributed by atoms with van der Waals surface area (Å²) >= 11 is 6.41. The molecule has 3 aliphatic heterocycles. The molecule has 24 nitrogen and oxygen atoms in total. The predicted octanol–water partition coefficient (Wildman–Crippen LogP) is 2.02. The topological polar surface area (TPSA) is 285 Å². The number of pyridine rings is 1. The van der Waals surface area contributed by atoms with Gasteiger partial charge in [0.15, 0.2) is 0 Å². The number of anilines is 2. The number of ether oxygens (including phenoxy) is 4. The molecule has 4 aromatic rings. The number of piperidine rings is 1. The number of aromatic nitrogens is 3. The molecule has 7 rings (SSSR count). The van der Waals surface area contributed by atoms with Gasteiger partial charge in [-0.05, 0) is 61.2 Å². The van der Waals surface area contributed by atoms with E-state index < -0.39 is 17.9 Å². The number of halogens is 2. The van der Waals surface area contributed by atoms with E-state index in [1.165, 1.54) is 6.07 Å². The van der Waals surface area contributed by atoms with E-state index in [2.05, 4.69) is 20.1 Å². The van der Waals surface area contributed by atoms with E-state index in [1.54, 1.807) is 26.8 Å². The van der Waals surface area contributed by atoms with Crippen molar-refractivity contribution in [1.82, 2.24) is 44.8 Å². The van der Waals surface area contributed by atoms with Crippen LogP contribution in [0.25, 0.3) is 33.5 Å². The average molecular weight is 1330 g/mol. The van der Waals surface area contributed by atoms with Crippen molar-refractivity contribution in [2.45, 2.75) is 32.2 Å². The van der Waals surface area contributed by atoms with Gasteiger partial charge in [0.05, 0.1) is 108 Å². The molecule has 3 fully saturated rings. The number of H-pyrrole nitrogens is 1. The van der Waals surface area contributed by atoms with E-state index >= 15 is 4.39 Å². The van der Waals surface area contributed by atoms with Crippen molar-refractivity contribution in [3.8, 4) is 22.5 Å². The standard InChI is InChI=1S/C55H78ClFN12O12.Lu/c1-39-30-40(32-42(57)31-39)44-34-60-55(52(53(44)68-8-4-43(58)5-9-68)54-61-45-3-2-41(56)33-46(45)62-54)69-20-18-67(19-21-69)48(71)6-22-78-24-26-80-28-29-81-27-25-79-23-7-59-47(70)35-63-10-12-64(36-49(72)73)14-16-66(38-51(76)77)17-15-65(13-11-63)37-50(74)75;/h2-3,30-34,43H,4-29,35-38,58H2,1H3,(H,59,70)(H,61,62)(H,72,73)(H,74,75)(H,76,77);. The minimum Gasteiger partial charge on any atom is -0.480 e. The summed E-state index contributed by atoms with van der Waals surface area (Å²) in [5, 5.41) is 31.7. The van der Waals surface area contributed by atoms with Crippen LogP contribution < -0.4 is 20.9 Å². The zero-order valence-corrected chi connectivity index (χ0v) is 48.9. The summed E-state index contributed by atoms with van der Waals surface area (Å²) in [6.45, 7) is 9.73. The number of nitrogens with two attached hydrogens (primary N) is 1. The molecule has 3 aliphatic rings. The van der Waals surface area contributed by atoms with E-state index in [-0.39, 0.29) is 139 Å². The Morgan fingerprint density at radius 1 is 0.683 bits per heavy atom. The first-order valence-corrected chi connectivity index (χ1v) is 28.1. The maximum atomic E-state index is 15.0. The predicted molar refractivity (Wildman–Crippen MR) is 302 cm³/mol. The van der Waals surface area contributed by atoms with Crippen molar-refractivity contribution in [2.24, 2.45) is 5.73 Å². The molecule has 1 radical (unpaired) electrons. The van der Waals surface area contributed by atoms with E-state index in [1.807, 2.05) is 41.1 Å². The van der Waals surface area contributed by atoms with Gasteiger partial charge in [-0.2, -0.15) is 0 Å². The summed E-state index contributed by atoms with van der Waals surface area (Å²) < 4.78 is 37.6. The number of fused-ring (bicyclic) bond motifs is 1. The smallest absolute Gasteiger partial charge is 0.317 e. The van der Waals surface area contributed by atoms with Gasteiger partial charge in [-0.3, -0.25) is 43.6 Å². The van der Waals surface area contributed by atoms with E-state index in [9.17, 15) is 39.3 Å². The van der Waals surface area contributed by atoms with Crippen molar-refractivity contribution in [2.75, 3.05) is 187 Å². The molecule has 0 saturated carbocycles. The molecule has 0 bridgehead atoms. The van der Waals surface area contributed by atoms with Crippen LogP contribution in [0, 0.1) is 49.6 Å². The third-order valence-corrected chi connectivity index (χ3v) is 14.6. The molecular weight excluding hydrogens is 1250 g/mol. The Morgan fingerprint density at radius 2 is 1.21 bits per heavy atom. The number of benzene rings is 2. The first kappa shape index (κ1) is 66.2. The Hall–Kier alpha value is -4.90. The second-order valence-electron chi connectivity index (χ2n) is 20.5. The molecule has 0 spiro atoms. The van der Waals surface area contributed by atoms with Crippen molar-refractivity contribution >= 4 is 63.9 Å². The summed E-state index contributed by atoms with van der Waals surface area (Å²) in [6.07, 6.45) is 3.64. The largest absolute Gasteiger partial charge is 0.480 e. The number of carbonyl (C=O) groups excluding carboxylic acids is 2. The minimum absolute atomic E-state index is 0. The van der Waals surface area contributed by atoms with Crippen LogP contribution in [0.2, 0.25) is 5.02 Å². The Bertz CT molecular complexity index is 2670. The number of piperazine rings is 1. The van der Waals surface area contributed by atoms with Crippen LogP contribution in [0.1, 0.15) is 24.8 Å². The van der Waals surface area contributed by atoms with Crippen molar-refractivity contribution < 1.29 is 99.5 Å². The number of hydrogen-bond donors (Lipinski definition) is 6. The summed E-state index contributed by atoms with van der Waals surface area (Å²) in [7, 11) is 0. The zero-order chi connectivity index (χ0) is 57.7. The maximum absolute atomic E-state index is 15.0. The molecule has 7 N–H and O–H groups in total. The Kier molecular flexibility index (Phi) is 27.6. The van der Waals surface area contributed by atoms with Crippen LogP contribution in [-0.2, 0) is 42.9 Å². The number of rotatable bonds is 27. The fourth-order valence-electron chi connectivity index (χ4n) is 10.2. The number of carbonyl (C=O) groups is 5. The van der Waals surface area contributed by atoms with Gasteiger partial charge in [0.1, 0.15) is 17.5 Å². The summed E-state index contributed by atoms with van der Waals surface area (Å²) in [5.74, 6) is -2.34. The Morgan fingerprint density at radius 3 is 1.74 bits per heavy atom. The second-order valence-corrected chi connectivity index (χ2v) is 20.9. The van der Waals surface area contributed by atoms with Crippen molar-refractivity contribution in [3.63, 3.8) is 0 Å². The van der Waals surface area contributed by atoms with Crippen LogP contribution in [0.15, 0.2) is 42.6 Å². The van der Waals surface area contributed by atoms with E-state index in [0.717, 1.165) is 51.8 Å². The first-order valence-electron chi connectivity index (χ1n) is 27.7. The molecule has 2 aromatic heterocycles. The van der Waals surface area contributed by atoms with Gasteiger partial charge in [0.25, 0.3) is 0 Å². The molecule has 27 heteroatoms. The number of nitrogens with one attached hydrogen (secondary N) is 2. The van der Waals surface area contributed by atoms with Gasteiger partial charge in [0.2, 0.25) is 11.8 Å². The van der Waals surface area contributed by atoms with Crippen LogP contribution in [0.3, 0.4) is 0 Å². The number of aryl methyl sites for hydroxylation is 1. The summed E-state index contributed by atoms with van der Waals surface area (Å²) in [4.78, 5) is 87.8. The molecule has 0 atom stereocenters. The van der Waals surface area contributed by atoms with Gasteiger partial charge in [0, 0.05) is 158 Å². The van der Waals surface area contributed by atoms with Gasteiger partial charge in [-0.15, -0.1) is 0 Å². The van der Waals surface area contributed by atoms with Crippen molar-refractivity contribution in [3.05, 3.63) is 59.0 Å². The van der Waals surface area contributed by atoms with E-state index in [0.29, 0.717) is 122 Å². The third-order valence-electron chi connectivity index (χ3n) is 14.4. The molecule has 82 heavy (non-hydrogen) atoms. The number of imidazole rings is 1. The number of amides is 2. The molecule has 3 saturated heterocycles. The summed E-state index contributed by atoms with van der Waals surface area (Å²) in [6, 6.07) is 10.6. The average Bonchev–Trinajstić information content (AvgIpc) is 3.92. The zero-order valence-electron chi connectivity index (χ0n) is 46.5. The Balaban J connectivity index is 0.0000108. The maximum Gasteiger partial charge on any atom is 0.317 e. The second kappa shape index (κ2) is 34.2. The molecule has 2 amide bonds. The fourth-order valence-corrected chi connectivity index (χ4v) is 10.3. The van der Waals surface area contributed by atoms with E-state index in [4.69, 9.17) is 46.3 Å². The monoisotopic (exact) mass is 1330 g/mol. The Labute approximate surface area is 511 Å². The van der Waals surface area contributed by atoms with Gasteiger partial charge in [-0.25, -0.2) is 14.4 Å². The number of carboxylic acids is 3. The van der Waals surface area contributed by atoms with Crippen molar-refractivity contribution in [1.29, 1.82) is 0 Å². The molecule has 0 aliphatic carbocycles. The summed E-state index contributed by atoms with van der Waals surface area (Å²) in [5.41, 5.74) is 11.9. The first-order chi connectivity index (χ1) is 39.1. The number of aliphatic carboxylic acids is 3. The third kappa shape index (κ3) is 21.3. The van der Waals surface area contributed by atoms with Crippen LogP contribution in [0.4, 0.5) is 15.9 Å². The SMILES string of the molecule is Cc1cc(F)cc(-c2cnc(N3CCN(C(=O)CCOCCOCCOCCOCCNC(=O)CN4CCN(CC(=O)O)CCN(CC(=O)O)CCN(CC(=O)O)CC4)CC3)c(-c3nc4ccc(Cl)cc4[nH]3)c2N2CCC(N)CC2)c1.[Lu]. The molecule has 2 aromatic carbocycles. The van der Waals surface area contributed by atoms with Gasteiger partial charge in [-0.1, -0.05) is 17.7 Å². The van der Waals surface area contributed by atoms with Crippen LogP contribution >= 0.6 is 11.6 Å². The van der Waals surface area contributed by atoms with Crippen LogP contribution in [-0.4, -0.2) is 268 Å². The quantitative estimate of drug-likeness (QED) is 0.0466. The number of aromatic amines is 1. The number of hydrogen-bond acceptors (Lipinski definition) is 18. The molecule has 5 heterocycles. The van der Waals surface area contributed by atoms with Gasteiger partial charge >= 0.3 is 17.9 Å². The van der Waals surface area contributed by atoms with Crippen LogP contribution in [0.5, 0.6) is 0 Å². The molecule has 0 unspecified atom stereocenters.